The van der Waals surface area contributed by atoms with Crippen LogP contribution in [0.4, 0.5) is 11.4 Å². The van der Waals surface area contributed by atoms with Crippen molar-refractivity contribution in [2.75, 3.05) is 16.8 Å². The van der Waals surface area contributed by atoms with Gasteiger partial charge < -0.3 is 10.2 Å². The fraction of sp³-hybridized carbons (Fsp3) is 0.0952. The highest BCUT2D eigenvalue weighted by Gasteiger charge is 2.29. The molecule has 1 amide bonds. The highest BCUT2D eigenvalue weighted by Crippen LogP contribution is 2.36. The third-order valence-electron chi connectivity index (χ3n) is 4.50. The molecule has 1 aliphatic heterocycles. The largest absolute Gasteiger partial charge is 0.375 e. The summed E-state index contributed by atoms with van der Waals surface area (Å²) < 4.78 is 0. The van der Waals surface area contributed by atoms with Crippen molar-refractivity contribution < 1.29 is 4.79 Å². The lowest BCUT2D eigenvalue weighted by molar-refractivity contribution is 0.0985. The molecule has 1 N–H and O–H groups in total. The van der Waals surface area contributed by atoms with Crippen LogP contribution in [0.25, 0.3) is 0 Å². The highest BCUT2D eigenvalue weighted by atomic mass is 35.5. The van der Waals surface area contributed by atoms with Gasteiger partial charge in [-0.3, -0.25) is 4.79 Å². The predicted molar refractivity (Wildman–Crippen MR) is 107 cm³/mol. The van der Waals surface area contributed by atoms with Crippen LogP contribution in [0.2, 0.25) is 10.0 Å². The van der Waals surface area contributed by atoms with Crippen LogP contribution in [0.3, 0.4) is 0 Å². The molecule has 3 aromatic rings. The molecule has 0 bridgehead atoms. The quantitative estimate of drug-likeness (QED) is 0.606. The summed E-state index contributed by atoms with van der Waals surface area (Å²) in [7, 11) is 0. The lowest BCUT2D eigenvalue weighted by atomic mass is 10.0. The van der Waals surface area contributed by atoms with Crippen LogP contribution < -0.4 is 10.2 Å². The highest BCUT2D eigenvalue weighted by molar-refractivity contribution is 6.42. The maximum atomic E-state index is 13.2. The van der Waals surface area contributed by atoms with Gasteiger partial charge in [0.05, 0.1) is 34.0 Å². The number of nitrogens with zero attached hydrogens (tertiary/aromatic N) is 1. The summed E-state index contributed by atoms with van der Waals surface area (Å²) in [4.78, 5) is 15.0. The monoisotopic (exact) mass is 382 g/mol. The minimum Gasteiger partial charge on any atom is -0.375 e. The zero-order chi connectivity index (χ0) is 18.1. The number of carbonyl (C=O) groups excluding carboxylic acids is 1. The van der Waals surface area contributed by atoms with Crippen molar-refractivity contribution in [3.05, 3.63) is 94.0 Å². The van der Waals surface area contributed by atoms with Crippen molar-refractivity contribution in [3.8, 4) is 0 Å². The first-order chi connectivity index (χ1) is 12.6. The molecule has 0 saturated carbocycles. The van der Waals surface area contributed by atoms with Crippen molar-refractivity contribution in [1.29, 1.82) is 0 Å². The van der Waals surface area contributed by atoms with E-state index < -0.39 is 0 Å². The molecule has 26 heavy (non-hydrogen) atoms. The van der Waals surface area contributed by atoms with Gasteiger partial charge in [-0.25, -0.2) is 0 Å². The lowest BCUT2D eigenvalue weighted by Gasteiger charge is -2.36. The summed E-state index contributed by atoms with van der Waals surface area (Å²) in [5, 5.41) is 4.34. The van der Waals surface area contributed by atoms with Gasteiger partial charge in [0.15, 0.2) is 0 Å². The van der Waals surface area contributed by atoms with Crippen LogP contribution in [-0.4, -0.2) is 12.5 Å². The predicted octanol–water partition coefficient (Wildman–Crippen LogP) is 5.81. The van der Waals surface area contributed by atoms with E-state index in [0.29, 0.717) is 22.2 Å². The van der Waals surface area contributed by atoms with E-state index in [9.17, 15) is 4.79 Å². The number of amides is 1. The van der Waals surface area contributed by atoms with E-state index in [1.165, 1.54) is 0 Å². The zero-order valence-corrected chi connectivity index (χ0v) is 15.3. The van der Waals surface area contributed by atoms with Crippen LogP contribution in [0.1, 0.15) is 22.0 Å². The summed E-state index contributed by atoms with van der Waals surface area (Å²) >= 11 is 12.1. The molecule has 4 rings (SSSR count). The number of hydrogen-bond acceptors (Lipinski definition) is 2. The number of anilines is 2. The van der Waals surface area contributed by atoms with Crippen LogP contribution in [0, 0.1) is 0 Å². The number of para-hydroxylation sites is 2. The van der Waals surface area contributed by atoms with Gasteiger partial charge in [0.25, 0.3) is 5.91 Å². The summed E-state index contributed by atoms with van der Waals surface area (Å²) in [6, 6.07) is 22.9. The molecule has 1 heterocycles. The van der Waals surface area contributed by atoms with E-state index in [1.54, 1.807) is 23.1 Å². The molecular formula is C21H16Cl2N2O. The third kappa shape index (κ3) is 3.16. The fourth-order valence-corrected chi connectivity index (χ4v) is 3.49. The van der Waals surface area contributed by atoms with E-state index in [1.807, 2.05) is 42.5 Å². The Morgan fingerprint density at radius 2 is 1.65 bits per heavy atom. The molecule has 1 atom stereocenters. The van der Waals surface area contributed by atoms with Gasteiger partial charge in [0.1, 0.15) is 0 Å². The second-order valence-corrected chi connectivity index (χ2v) is 6.98. The molecule has 0 saturated heterocycles. The minimum absolute atomic E-state index is 0.0119. The number of halogens is 2. The Hall–Kier alpha value is -2.49. The normalized spacial score (nSPS) is 15.9. The molecule has 0 aliphatic carbocycles. The number of fused-ring (bicyclic) bond motifs is 1. The number of hydrogen-bond donors (Lipinski definition) is 1. The topological polar surface area (TPSA) is 32.3 Å². The molecule has 0 fully saturated rings. The Morgan fingerprint density at radius 3 is 2.42 bits per heavy atom. The number of carbonyl (C=O) groups is 1. The van der Waals surface area contributed by atoms with Gasteiger partial charge in [-0.2, -0.15) is 0 Å². The van der Waals surface area contributed by atoms with Crippen LogP contribution in [-0.2, 0) is 0 Å². The Balaban J connectivity index is 1.73. The van der Waals surface area contributed by atoms with Gasteiger partial charge in [0.2, 0.25) is 0 Å². The summed E-state index contributed by atoms with van der Waals surface area (Å²) in [6.07, 6.45) is 0. The first kappa shape index (κ1) is 17.0. The van der Waals surface area contributed by atoms with Crippen molar-refractivity contribution in [2.24, 2.45) is 0 Å². The zero-order valence-electron chi connectivity index (χ0n) is 13.8. The van der Waals surface area contributed by atoms with E-state index >= 15 is 0 Å². The lowest BCUT2D eigenvalue weighted by Crippen LogP contribution is -2.40. The molecule has 3 nitrogen and oxygen atoms in total. The molecule has 0 radical (unpaired) electrons. The molecule has 1 aliphatic rings. The van der Waals surface area contributed by atoms with Gasteiger partial charge in [-0.1, -0.05) is 65.7 Å². The summed E-state index contributed by atoms with van der Waals surface area (Å²) in [6.45, 7) is 0.528. The van der Waals surface area contributed by atoms with Crippen molar-refractivity contribution >= 4 is 40.5 Å². The molecule has 0 spiro atoms. The van der Waals surface area contributed by atoms with Crippen LogP contribution >= 0.6 is 23.2 Å². The van der Waals surface area contributed by atoms with Gasteiger partial charge in [-0.05, 0) is 35.9 Å². The average molecular weight is 383 g/mol. The second kappa shape index (κ2) is 7.02. The summed E-state index contributed by atoms with van der Waals surface area (Å²) in [5.74, 6) is -0.0987. The number of rotatable bonds is 2. The van der Waals surface area contributed by atoms with E-state index in [-0.39, 0.29) is 11.9 Å². The maximum Gasteiger partial charge on any atom is 0.258 e. The number of nitrogens with one attached hydrogen (secondary N) is 1. The third-order valence-corrected chi connectivity index (χ3v) is 5.24. The first-order valence-electron chi connectivity index (χ1n) is 8.31. The molecule has 1 unspecified atom stereocenters. The average Bonchev–Trinajstić information content (AvgIpc) is 2.69. The van der Waals surface area contributed by atoms with Crippen molar-refractivity contribution in [3.63, 3.8) is 0 Å². The Labute approximate surface area is 162 Å². The second-order valence-electron chi connectivity index (χ2n) is 6.17. The van der Waals surface area contributed by atoms with Crippen LogP contribution in [0.15, 0.2) is 72.8 Å². The van der Waals surface area contributed by atoms with E-state index in [4.69, 9.17) is 23.2 Å². The Bertz CT molecular complexity index is 959. The van der Waals surface area contributed by atoms with Crippen molar-refractivity contribution in [2.45, 2.75) is 6.04 Å². The smallest absolute Gasteiger partial charge is 0.258 e. The SMILES string of the molecule is O=C(c1ccc(Cl)c(Cl)c1)N1CC(c2ccccc2)Nc2ccccc21. The van der Waals surface area contributed by atoms with Crippen LogP contribution in [0.5, 0.6) is 0 Å². The standard InChI is InChI=1S/C21H16Cl2N2O/c22-16-11-10-15(12-17(16)23)21(26)25-13-19(14-6-2-1-3-7-14)24-18-8-4-5-9-20(18)25/h1-12,19,24H,13H2. The number of benzene rings is 3. The fourth-order valence-electron chi connectivity index (χ4n) is 3.20. The molecular weight excluding hydrogens is 367 g/mol. The first-order valence-corrected chi connectivity index (χ1v) is 9.06. The molecule has 130 valence electrons. The van der Waals surface area contributed by atoms with Gasteiger partial charge in [-0.15, -0.1) is 0 Å². The molecule has 0 aromatic heterocycles. The minimum atomic E-state index is -0.0987. The van der Waals surface area contributed by atoms with Crippen molar-refractivity contribution in [1.82, 2.24) is 0 Å². The Morgan fingerprint density at radius 1 is 0.923 bits per heavy atom. The maximum absolute atomic E-state index is 13.2. The van der Waals surface area contributed by atoms with Gasteiger partial charge in [0, 0.05) is 5.56 Å². The van der Waals surface area contributed by atoms with E-state index in [0.717, 1.165) is 16.9 Å². The molecule has 5 heteroatoms. The Kier molecular flexibility index (Phi) is 4.58. The van der Waals surface area contributed by atoms with E-state index in [2.05, 4.69) is 17.4 Å². The molecule has 3 aromatic carbocycles. The summed E-state index contributed by atoms with van der Waals surface area (Å²) in [5.41, 5.74) is 3.44. The van der Waals surface area contributed by atoms with Gasteiger partial charge >= 0.3 is 0 Å².